The SMILES string of the molecule is CC(C)(Oc1ccc2c(c1)OCO2)C(=O)Nc1ncc(Cl)s1. The lowest BCUT2D eigenvalue weighted by Crippen LogP contribution is -2.42. The Balaban J connectivity index is 1.70. The Morgan fingerprint density at radius 3 is 2.91 bits per heavy atom. The van der Waals surface area contributed by atoms with Gasteiger partial charge in [0, 0.05) is 6.07 Å². The van der Waals surface area contributed by atoms with Gasteiger partial charge in [0.2, 0.25) is 6.79 Å². The van der Waals surface area contributed by atoms with Crippen LogP contribution in [0, 0.1) is 0 Å². The highest BCUT2D eigenvalue weighted by Crippen LogP contribution is 2.36. The van der Waals surface area contributed by atoms with Crippen molar-refractivity contribution in [1.82, 2.24) is 4.98 Å². The minimum absolute atomic E-state index is 0.188. The van der Waals surface area contributed by atoms with Crippen LogP contribution in [0.1, 0.15) is 13.8 Å². The molecule has 0 unspecified atom stereocenters. The normalized spacial score (nSPS) is 13.0. The molecule has 1 aromatic heterocycles. The number of ether oxygens (including phenoxy) is 3. The maximum atomic E-state index is 12.3. The number of thiazole rings is 1. The van der Waals surface area contributed by atoms with E-state index in [1.807, 2.05) is 0 Å². The highest BCUT2D eigenvalue weighted by atomic mass is 35.5. The zero-order chi connectivity index (χ0) is 15.7. The molecule has 8 heteroatoms. The van der Waals surface area contributed by atoms with Gasteiger partial charge in [0.05, 0.1) is 6.20 Å². The molecule has 1 aliphatic heterocycles. The van der Waals surface area contributed by atoms with Crippen LogP contribution in [-0.4, -0.2) is 23.3 Å². The topological polar surface area (TPSA) is 69.7 Å². The zero-order valence-electron chi connectivity index (χ0n) is 11.9. The molecule has 6 nitrogen and oxygen atoms in total. The zero-order valence-corrected chi connectivity index (χ0v) is 13.5. The van der Waals surface area contributed by atoms with Gasteiger partial charge in [0.15, 0.2) is 22.2 Å². The van der Waals surface area contributed by atoms with Crippen molar-refractivity contribution in [1.29, 1.82) is 0 Å². The molecule has 0 aliphatic carbocycles. The quantitative estimate of drug-likeness (QED) is 0.924. The van der Waals surface area contributed by atoms with Crippen molar-refractivity contribution in [3.8, 4) is 17.2 Å². The molecule has 1 amide bonds. The molecular formula is C14H13ClN2O4S. The molecule has 0 saturated carbocycles. The van der Waals surface area contributed by atoms with E-state index in [0.717, 1.165) is 0 Å². The van der Waals surface area contributed by atoms with Gasteiger partial charge in [-0.15, -0.1) is 0 Å². The Hall–Kier alpha value is -1.99. The predicted octanol–water partition coefficient (Wildman–Crippen LogP) is 3.32. The second-order valence-electron chi connectivity index (χ2n) is 5.05. The number of benzene rings is 1. The van der Waals surface area contributed by atoms with Gasteiger partial charge in [-0.3, -0.25) is 10.1 Å². The van der Waals surface area contributed by atoms with E-state index >= 15 is 0 Å². The molecule has 116 valence electrons. The molecule has 3 rings (SSSR count). The average Bonchev–Trinajstić information content (AvgIpc) is 3.06. The Morgan fingerprint density at radius 1 is 1.41 bits per heavy atom. The second kappa shape index (κ2) is 5.66. The first-order chi connectivity index (χ1) is 10.4. The van der Waals surface area contributed by atoms with Crippen molar-refractivity contribution in [2.24, 2.45) is 0 Å². The van der Waals surface area contributed by atoms with E-state index in [-0.39, 0.29) is 12.7 Å². The summed E-state index contributed by atoms with van der Waals surface area (Å²) in [5.41, 5.74) is -1.09. The first kappa shape index (κ1) is 14.9. The van der Waals surface area contributed by atoms with Gasteiger partial charge >= 0.3 is 0 Å². The molecule has 0 saturated heterocycles. The number of nitrogens with zero attached hydrogens (tertiary/aromatic N) is 1. The molecule has 2 aromatic rings. The van der Waals surface area contributed by atoms with Crippen LogP contribution in [0.2, 0.25) is 4.34 Å². The molecule has 2 heterocycles. The molecule has 1 aromatic carbocycles. The summed E-state index contributed by atoms with van der Waals surface area (Å²) < 4.78 is 16.8. The third-order valence-corrected chi connectivity index (χ3v) is 3.99. The summed E-state index contributed by atoms with van der Waals surface area (Å²) >= 11 is 6.97. The lowest BCUT2D eigenvalue weighted by molar-refractivity contribution is -0.128. The summed E-state index contributed by atoms with van der Waals surface area (Å²) in [4.78, 5) is 16.3. The van der Waals surface area contributed by atoms with Gasteiger partial charge in [-0.1, -0.05) is 22.9 Å². The molecule has 22 heavy (non-hydrogen) atoms. The number of aromatic nitrogens is 1. The molecule has 0 fully saturated rings. The van der Waals surface area contributed by atoms with Crippen LogP contribution in [0.3, 0.4) is 0 Å². The average molecular weight is 341 g/mol. The van der Waals surface area contributed by atoms with Gasteiger partial charge in [0.25, 0.3) is 5.91 Å². The minimum atomic E-state index is -1.09. The van der Waals surface area contributed by atoms with Crippen molar-refractivity contribution < 1.29 is 19.0 Å². The van der Waals surface area contributed by atoms with E-state index in [9.17, 15) is 4.79 Å². The van der Waals surface area contributed by atoms with Crippen LogP contribution < -0.4 is 19.5 Å². The molecule has 0 bridgehead atoms. The molecule has 0 spiro atoms. The second-order valence-corrected chi connectivity index (χ2v) is 6.71. The first-order valence-electron chi connectivity index (χ1n) is 6.45. The fraction of sp³-hybridized carbons (Fsp3) is 0.286. The van der Waals surface area contributed by atoms with Gasteiger partial charge < -0.3 is 14.2 Å². The monoisotopic (exact) mass is 340 g/mol. The number of rotatable bonds is 4. The van der Waals surface area contributed by atoms with Crippen molar-refractivity contribution in [2.45, 2.75) is 19.4 Å². The standard InChI is InChI=1S/C14H13ClN2O4S/c1-14(2,12(18)17-13-16-6-11(15)22-13)21-8-3-4-9-10(5-8)20-7-19-9/h3-6H,7H2,1-2H3,(H,16,17,18). The number of hydrogen-bond donors (Lipinski definition) is 1. The van der Waals surface area contributed by atoms with E-state index in [0.29, 0.717) is 26.7 Å². The van der Waals surface area contributed by atoms with E-state index < -0.39 is 5.60 Å². The molecule has 0 radical (unpaired) electrons. The van der Waals surface area contributed by atoms with Crippen LogP contribution in [0.15, 0.2) is 24.4 Å². The van der Waals surface area contributed by atoms with Gasteiger partial charge in [-0.05, 0) is 26.0 Å². The van der Waals surface area contributed by atoms with Crippen LogP contribution >= 0.6 is 22.9 Å². The van der Waals surface area contributed by atoms with Crippen molar-refractivity contribution in [2.75, 3.05) is 12.1 Å². The van der Waals surface area contributed by atoms with Gasteiger partial charge in [-0.2, -0.15) is 0 Å². The number of carbonyl (C=O) groups excluding carboxylic acids is 1. The molecule has 0 atom stereocenters. The number of anilines is 1. The summed E-state index contributed by atoms with van der Waals surface area (Å²) in [6, 6.07) is 5.16. The van der Waals surface area contributed by atoms with Crippen molar-refractivity contribution in [3.63, 3.8) is 0 Å². The number of halogens is 1. The fourth-order valence-corrected chi connectivity index (χ4v) is 2.65. The van der Waals surface area contributed by atoms with Gasteiger partial charge in [0.1, 0.15) is 10.1 Å². The number of amides is 1. The van der Waals surface area contributed by atoms with Crippen LogP contribution in [0.25, 0.3) is 0 Å². The maximum absolute atomic E-state index is 12.3. The van der Waals surface area contributed by atoms with Crippen LogP contribution in [0.4, 0.5) is 5.13 Å². The van der Waals surface area contributed by atoms with Crippen LogP contribution in [0.5, 0.6) is 17.2 Å². The third-order valence-electron chi connectivity index (χ3n) is 2.96. The largest absolute Gasteiger partial charge is 0.478 e. The summed E-state index contributed by atoms with van der Waals surface area (Å²) in [6.07, 6.45) is 1.48. The van der Waals surface area contributed by atoms with Crippen molar-refractivity contribution in [3.05, 3.63) is 28.7 Å². The molecular weight excluding hydrogens is 328 g/mol. The van der Waals surface area contributed by atoms with Crippen molar-refractivity contribution >= 4 is 34.0 Å². The predicted molar refractivity (Wildman–Crippen MR) is 83.0 cm³/mol. The Labute approximate surface area is 136 Å². The van der Waals surface area contributed by atoms with E-state index in [1.54, 1.807) is 32.0 Å². The minimum Gasteiger partial charge on any atom is -0.478 e. The highest BCUT2D eigenvalue weighted by Gasteiger charge is 2.31. The smallest absolute Gasteiger partial charge is 0.269 e. The lowest BCUT2D eigenvalue weighted by atomic mass is 10.1. The first-order valence-corrected chi connectivity index (χ1v) is 7.65. The number of carbonyl (C=O) groups is 1. The summed E-state index contributed by atoms with van der Waals surface area (Å²) in [5.74, 6) is 1.45. The maximum Gasteiger partial charge on any atom is 0.269 e. The van der Waals surface area contributed by atoms with Gasteiger partial charge in [-0.25, -0.2) is 4.98 Å². The third kappa shape index (κ3) is 3.10. The summed E-state index contributed by atoms with van der Waals surface area (Å²) in [6.45, 7) is 3.53. The van der Waals surface area contributed by atoms with Crippen LogP contribution in [-0.2, 0) is 4.79 Å². The Bertz CT molecular complexity index is 717. The molecule has 1 aliphatic rings. The number of fused-ring (bicyclic) bond motifs is 1. The fourth-order valence-electron chi connectivity index (χ4n) is 1.84. The van der Waals surface area contributed by atoms with E-state index in [2.05, 4.69) is 10.3 Å². The van der Waals surface area contributed by atoms with E-state index in [1.165, 1.54) is 17.5 Å². The molecule has 1 N–H and O–H groups in total. The Kier molecular flexibility index (Phi) is 3.84. The Morgan fingerprint density at radius 2 is 2.18 bits per heavy atom. The lowest BCUT2D eigenvalue weighted by Gasteiger charge is -2.24. The van der Waals surface area contributed by atoms with E-state index in [4.69, 9.17) is 25.8 Å². The number of nitrogens with one attached hydrogen (secondary N) is 1. The number of hydrogen-bond acceptors (Lipinski definition) is 6. The highest BCUT2D eigenvalue weighted by molar-refractivity contribution is 7.19. The summed E-state index contributed by atoms with van der Waals surface area (Å²) in [7, 11) is 0. The summed E-state index contributed by atoms with van der Waals surface area (Å²) in [5, 5.41) is 3.11.